The first-order valence-corrected chi connectivity index (χ1v) is 9.93. The van der Waals surface area contributed by atoms with Gasteiger partial charge in [0.15, 0.2) is 0 Å². The number of nitrogens with zero attached hydrogens (tertiary/aromatic N) is 3. The summed E-state index contributed by atoms with van der Waals surface area (Å²) in [4.78, 5) is 2.33. The highest BCUT2D eigenvalue weighted by molar-refractivity contribution is 5.81. The highest BCUT2D eigenvalue weighted by Gasteiger charge is 2.29. The van der Waals surface area contributed by atoms with Crippen LogP contribution in [0.4, 0.5) is 17.3 Å². The Morgan fingerprint density at radius 1 is 0.586 bits per heavy atom. The summed E-state index contributed by atoms with van der Waals surface area (Å²) in [6.07, 6.45) is 4.18. The molecule has 4 rings (SSSR count). The Morgan fingerprint density at radius 3 is 1.72 bits per heavy atom. The molecular weight excluding hydrogens is 354 g/mol. The molecule has 0 bridgehead atoms. The Kier molecular flexibility index (Phi) is 5.13. The predicted molar refractivity (Wildman–Crippen MR) is 118 cm³/mol. The van der Waals surface area contributed by atoms with Crippen LogP contribution in [0.1, 0.15) is 11.1 Å². The molecule has 0 N–H and O–H groups in total. The molecule has 0 aliphatic rings. The molecule has 3 nitrogen and oxygen atoms in total. The summed E-state index contributed by atoms with van der Waals surface area (Å²) in [5.41, 5.74) is 6.27. The molecule has 3 heteroatoms. The minimum Gasteiger partial charge on any atom is -0.236 e. The summed E-state index contributed by atoms with van der Waals surface area (Å²) in [5.74, 6) is 2.22. The number of hydrogen-bond acceptors (Lipinski definition) is 1. The van der Waals surface area contributed by atoms with Crippen LogP contribution in [-0.2, 0) is 14.1 Å². The monoisotopic (exact) mass is 381 g/mol. The van der Waals surface area contributed by atoms with E-state index in [-0.39, 0.29) is 0 Å². The fraction of sp³-hybridized carbons (Fsp3) is 0.154. The van der Waals surface area contributed by atoms with Crippen molar-refractivity contribution in [2.24, 2.45) is 14.1 Å². The second kappa shape index (κ2) is 7.88. The van der Waals surface area contributed by atoms with Crippen molar-refractivity contribution in [3.8, 4) is 11.1 Å². The van der Waals surface area contributed by atoms with Gasteiger partial charge >= 0.3 is 0 Å². The highest BCUT2D eigenvalue weighted by atomic mass is 15.3. The molecule has 0 saturated carbocycles. The van der Waals surface area contributed by atoms with Crippen LogP contribution in [0, 0.1) is 13.8 Å². The lowest BCUT2D eigenvalue weighted by molar-refractivity contribution is -0.667. The Hall–Kier alpha value is -3.46. The third kappa shape index (κ3) is 3.52. The van der Waals surface area contributed by atoms with Crippen molar-refractivity contribution in [3.63, 3.8) is 0 Å². The van der Waals surface area contributed by atoms with Gasteiger partial charge in [-0.05, 0) is 48.7 Å². The number of benzene rings is 2. The largest absolute Gasteiger partial charge is 0.289 e. The van der Waals surface area contributed by atoms with E-state index in [1.807, 2.05) is 0 Å². The Labute approximate surface area is 173 Å². The molecule has 0 aliphatic heterocycles. The van der Waals surface area contributed by atoms with E-state index in [2.05, 4.69) is 133 Å². The molecular formula is C26H27N3+2. The number of aryl methyl sites for hydroxylation is 3. The summed E-state index contributed by atoms with van der Waals surface area (Å²) in [6, 6.07) is 27.8. The van der Waals surface area contributed by atoms with Crippen molar-refractivity contribution >= 4 is 17.3 Å². The van der Waals surface area contributed by atoms with Crippen molar-refractivity contribution in [1.82, 2.24) is 0 Å². The van der Waals surface area contributed by atoms with E-state index in [1.165, 1.54) is 27.9 Å². The molecule has 2 aromatic carbocycles. The van der Waals surface area contributed by atoms with E-state index in [4.69, 9.17) is 0 Å². The molecule has 0 fully saturated rings. The zero-order valence-electron chi connectivity index (χ0n) is 17.5. The average Bonchev–Trinajstić information content (AvgIpc) is 2.73. The van der Waals surface area contributed by atoms with Gasteiger partial charge in [0, 0.05) is 17.7 Å². The second-order valence-electron chi connectivity index (χ2n) is 7.44. The van der Waals surface area contributed by atoms with Gasteiger partial charge in [-0.2, -0.15) is 4.90 Å². The zero-order valence-corrected chi connectivity index (χ0v) is 17.5. The first kappa shape index (κ1) is 18.9. The zero-order chi connectivity index (χ0) is 20.4. The van der Waals surface area contributed by atoms with Crippen LogP contribution in [0.25, 0.3) is 11.1 Å². The Morgan fingerprint density at radius 2 is 1.14 bits per heavy atom. The van der Waals surface area contributed by atoms with Crippen LogP contribution in [0.2, 0.25) is 0 Å². The van der Waals surface area contributed by atoms with Crippen molar-refractivity contribution < 1.29 is 9.13 Å². The molecule has 0 saturated heterocycles. The summed E-state index contributed by atoms with van der Waals surface area (Å²) in [5, 5.41) is 0. The van der Waals surface area contributed by atoms with E-state index in [1.54, 1.807) is 0 Å². The van der Waals surface area contributed by atoms with Gasteiger partial charge in [0.2, 0.25) is 0 Å². The third-order valence-electron chi connectivity index (χ3n) is 5.49. The Balaban J connectivity index is 1.98. The summed E-state index contributed by atoms with van der Waals surface area (Å²) in [7, 11) is 4.18. The molecule has 0 spiro atoms. The van der Waals surface area contributed by atoms with Gasteiger partial charge in [0.1, 0.15) is 5.69 Å². The third-order valence-corrected chi connectivity index (χ3v) is 5.49. The quantitative estimate of drug-likeness (QED) is 0.448. The van der Waals surface area contributed by atoms with Gasteiger partial charge in [0.25, 0.3) is 11.6 Å². The van der Waals surface area contributed by atoms with Gasteiger partial charge in [-0.3, -0.25) is 0 Å². The molecule has 0 atom stereocenters. The smallest absolute Gasteiger partial charge is 0.236 e. The molecule has 0 amide bonds. The van der Waals surface area contributed by atoms with Crippen LogP contribution in [0.15, 0.2) is 91.3 Å². The second-order valence-corrected chi connectivity index (χ2v) is 7.44. The van der Waals surface area contributed by atoms with E-state index in [9.17, 15) is 0 Å². The molecule has 2 aromatic heterocycles. The van der Waals surface area contributed by atoms with Gasteiger partial charge < -0.3 is 0 Å². The van der Waals surface area contributed by atoms with Gasteiger partial charge in [0.05, 0.1) is 26.5 Å². The van der Waals surface area contributed by atoms with Crippen LogP contribution in [0.5, 0.6) is 0 Å². The van der Waals surface area contributed by atoms with E-state index >= 15 is 0 Å². The van der Waals surface area contributed by atoms with Gasteiger partial charge in [-0.25, -0.2) is 9.13 Å². The number of hydrogen-bond donors (Lipinski definition) is 0. The van der Waals surface area contributed by atoms with Crippen molar-refractivity contribution in [1.29, 1.82) is 0 Å². The molecule has 144 valence electrons. The van der Waals surface area contributed by atoms with Crippen LogP contribution >= 0.6 is 0 Å². The topological polar surface area (TPSA) is 11.0 Å². The lowest BCUT2D eigenvalue weighted by atomic mass is 9.95. The Bertz CT molecular complexity index is 1120. The van der Waals surface area contributed by atoms with Gasteiger partial charge in [-0.15, -0.1) is 0 Å². The lowest BCUT2D eigenvalue weighted by Gasteiger charge is -2.21. The maximum atomic E-state index is 2.33. The van der Waals surface area contributed by atoms with Crippen LogP contribution < -0.4 is 14.0 Å². The number of rotatable bonds is 4. The normalized spacial score (nSPS) is 10.8. The van der Waals surface area contributed by atoms with Crippen molar-refractivity contribution in [3.05, 3.63) is 102 Å². The fourth-order valence-electron chi connectivity index (χ4n) is 3.89. The molecule has 29 heavy (non-hydrogen) atoms. The standard InChI is InChI=1S/C26H27N3/c1-20-12-5-6-13-22(20)23-14-11-15-24(21(23)2)29(25-16-7-9-18-27(25)3)26-17-8-10-19-28(26)4/h5-19H,1-4H3/q+2. The molecule has 4 aromatic rings. The predicted octanol–water partition coefficient (Wildman–Crippen LogP) is 5.09. The van der Waals surface area contributed by atoms with Crippen LogP contribution in [-0.4, -0.2) is 0 Å². The average molecular weight is 382 g/mol. The van der Waals surface area contributed by atoms with E-state index in [0.717, 1.165) is 11.6 Å². The first-order valence-electron chi connectivity index (χ1n) is 9.93. The number of anilines is 3. The minimum absolute atomic E-state index is 1.11. The summed E-state index contributed by atoms with van der Waals surface area (Å²) >= 11 is 0. The summed E-state index contributed by atoms with van der Waals surface area (Å²) in [6.45, 7) is 4.39. The number of pyridine rings is 2. The molecule has 2 heterocycles. The molecule has 0 aliphatic carbocycles. The summed E-state index contributed by atoms with van der Waals surface area (Å²) < 4.78 is 4.32. The van der Waals surface area contributed by atoms with Crippen LogP contribution in [0.3, 0.4) is 0 Å². The minimum atomic E-state index is 1.11. The SMILES string of the molecule is Cc1ccccc1-c1cccc(N(c2cccc[n+]2C)c2cccc[n+]2C)c1C. The first-order chi connectivity index (χ1) is 14.1. The van der Waals surface area contributed by atoms with E-state index in [0.29, 0.717) is 0 Å². The van der Waals surface area contributed by atoms with Crippen molar-refractivity contribution in [2.45, 2.75) is 13.8 Å². The fourth-order valence-corrected chi connectivity index (χ4v) is 3.89. The highest BCUT2D eigenvalue weighted by Crippen LogP contribution is 2.37. The van der Waals surface area contributed by atoms with E-state index < -0.39 is 0 Å². The lowest BCUT2D eigenvalue weighted by Crippen LogP contribution is -2.40. The molecule has 0 unspecified atom stereocenters. The maximum absolute atomic E-state index is 2.33. The molecule has 0 radical (unpaired) electrons. The maximum Gasteiger partial charge on any atom is 0.289 e. The van der Waals surface area contributed by atoms with Crippen molar-refractivity contribution in [2.75, 3.05) is 4.90 Å². The van der Waals surface area contributed by atoms with Gasteiger partial charge in [-0.1, -0.05) is 48.5 Å². The number of aromatic nitrogens is 2.